The van der Waals surface area contributed by atoms with Gasteiger partial charge in [0.2, 0.25) is 0 Å². The Labute approximate surface area is 59.2 Å². The van der Waals surface area contributed by atoms with Crippen LogP contribution in [0.25, 0.3) is 0 Å². The second-order valence-corrected chi connectivity index (χ2v) is 2.58. The van der Waals surface area contributed by atoms with Gasteiger partial charge in [0.05, 0.1) is 13.2 Å². The summed E-state index contributed by atoms with van der Waals surface area (Å²) in [6, 6.07) is 0. The van der Waals surface area contributed by atoms with Gasteiger partial charge in [0.15, 0.2) is 0 Å². The fourth-order valence-electron chi connectivity index (χ4n) is 0.263. The van der Waals surface area contributed by atoms with Gasteiger partial charge in [-0.25, -0.2) is 0 Å². The van der Waals surface area contributed by atoms with E-state index in [1.165, 1.54) is 12.0 Å². The van der Waals surface area contributed by atoms with E-state index in [0.717, 1.165) is 5.75 Å². The molecule has 0 spiro atoms. The molecule has 0 heterocycles. The maximum atomic E-state index is 8.70. The minimum Gasteiger partial charge on any atom is -0.394 e. The van der Waals surface area contributed by atoms with Crippen molar-refractivity contribution in [2.45, 2.75) is 13.0 Å². The van der Waals surface area contributed by atoms with Crippen LogP contribution in [0, 0.1) is 0 Å². The first-order chi connectivity index (χ1) is 4.31. The summed E-state index contributed by atoms with van der Waals surface area (Å²) in [7, 11) is 0. The van der Waals surface area contributed by atoms with Gasteiger partial charge in [-0.15, -0.1) is 0 Å². The second-order valence-electron chi connectivity index (χ2n) is 1.53. The van der Waals surface area contributed by atoms with Crippen LogP contribution in [0.4, 0.5) is 0 Å². The van der Waals surface area contributed by atoms with Crippen molar-refractivity contribution in [1.82, 2.24) is 0 Å². The van der Waals surface area contributed by atoms with Crippen LogP contribution in [0.1, 0.15) is 6.92 Å². The van der Waals surface area contributed by atoms with Crippen LogP contribution in [0.5, 0.6) is 0 Å². The number of aliphatic hydroxyl groups excluding tert-OH is 2. The zero-order chi connectivity index (χ0) is 7.11. The Kier molecular flexibility index (Phi) is 6.51. The minimum atomic E-state index is -0.732. The smallest absolute Gasteiger partial charge is 0.102 e. The quantitative estimate of drug-likeness (QED) is 0.431. The highest BCUT2D eigenvalue weighted by atomic mass is 32.2. The molecule has 0 saturated heterocycles. The lowest BCUT2D eigenvalue weighted by atomic mass is 10.4. The monoisotopic (exact) mass is 152 g/mol. The molecule has 1 atom stereocenters. The van der Waals surface area contributed by atoms with Gasteiger partial charge in [-0.2, -0.15) is 0 Å². The van der Waals surface area contributed by atoms with E-state index >= 15 is 0 Å². The Morgan fingerprint density at radius 3 is 2.78 bits per heavy atom. The fraction of sp³-hybridized carbons (Fsp3) is 1.00. The van der Waals surface area contributed by atoms with Crippen LogP contribution < -0.4 is 0 Å². The molecule has 0 aromatic carbocycles. The normalized spacial score (nSPS) is 13.7. The first-order valence-electron chi connectivity index (χ1n) is 2.84. The minimum absolute atomic E-state index is 0.203. The van der Waals surface area contributed by atoms with Crippen molar-refractivity contribution in [1.29, 1.82) is 0 Å². The third kappa shape index (κ3) is 6.11. The average Bonchev–Trinajstić information content (AvgIpc) is 1.89. The van der Waals surface area contributed by atoms with Gasteiger partial charge in [-0.05, 0) is 12.0 Å². The van der Waals surface area contributed by atoms with Crippen LogP contribution in [0.15, 0.2) is 0 Å². The SMILES string of the molecule is CCSOCC(O)CO. The molecule has 0 radical (unpaired) electrons. The summed E-state index contributed by atoms with van der Waals surface area (Å²) in [5, 5.41) is 17.0. The second kappa shape index (κ2) is 6.35. The van der Waals surface area contributed by atoms with Gasteiger partial charge in [-0.1, -0.05) is 6.92 Å². The molecule has 0 aromatic heterocycles. The van der Waals surface area contributed by atoms with Gasteiger partial charge in [0.25, 0.3) is 0 Å². The van der Waals surface area contributed by atoms with Gasteiger partial charge in [0.1, 0.15) is 6.10 Å². The van der Waals surface area contributed by atoms with Crippen molar-refractivity contribution >= 4 is 12.0 Å². The van der Waals surface area contributed by atoms with E-state index in [1.807, 2.05) is 6.92 Å². The Morgan fingerprint density at radius 2 is 2.33 bits per heavy atom. The van der Waals surface area contributed by atoms with Gasteiger partial charge in [0, 0.05) is 5.75 Å². The first-order valence-corrected chi connectivity index (χ1v) is 3.75. The van der Waals surface area contributed by atoms with E-state index in [9.17, 15) is 0 Å². The highest BCUT2D eigenvalue weighted by Gasteiger charge is 1.99. The molecule has 0 aliphatic rings. The molecule has 3 nitrogen and oxygen atoms in total. The molecule has 56 valence electrons. The van der Waals surface area contributed by atoms with Crippen molar-refractivity contribution < 1.29 is 14.4 Å². The maximum absolute atomic E-state index is 8.70. The molecule has 1 unspecified atom stereocenters. The summed E-state index contributed by atoms with van der Waals surface area (Å²) < 4.78 is 4.84. The predicted octanol–water partition coefficient (Wildman–Crippen LogP) is 0.0243. The van der Waals surface area contributed by atoms with Gasteiger partial charge >= 0.3 is 0 Å². The first kappa shape index (κ1) is 9.23. The molecule has 0 fully saturated rings. The van der Waals surface area contributed by atoms with Crippen molar-refractivity contribution in [3.63, 3.8) is 0 Å². The fourth-order valence-corrected chi connectivity index (χ4v) is 0.683. The van der Waals surface area contributed by atoms with E-state index in [-0.39, 0.29) is 13.2 Å². The molecule has 0 aromatic rings. The molecule has 2 N–H and O–H groups in total. The Bertz CT molecular complexity index is 60.2. The lowest BCUT2D eigenvalue weighted by molar-refractivity contribution is 0.0603. The molecule has 9 heavy (non-hydrogen) atoms. The van der Waals surface area contributed by atoms with Crippen LogP contribution in [-0.2, 0) is 4.18 Å². The van der Waals surface area contributed by atoms with Crippen LogP contribution in [-0.4, -0.2) is 35.3 Å². The topological polar surface area (TPSA) is 49.7 Å². The van der Waals surface area contributed by atoms with E-state index in [1.54, 1.807) is 0 Å². The highest BCUT2D eigenvalue weighted by Crippen LogP contribution is 2.00. The molecule has 4 heteroatoms. The molecule has 0 bridgehead atoms. The highest BCUT2D eigenvalue weighted by molar-refractivity contribution is 7.94. The number of hydrogen-bond donors (Lipinski definition) is 2. The lowest BCUT2D eigenvalue weighted by Gasteiger charge is -2.04. The van der Waals surface area contributed by atoms with E-state index in [2.05, 4.69) is 0 Å². The molecule has 0 amide bonds. The number of rotatable bonds is 5. The van der Waals surface area contributed by atoms with Crippen molar-refractivity contribution in [2.24, 2.45) is 0 Å². The lowest BCUT2D eigenvalue weighted by Crippen LogP contribution is -2.17. The van der Waals surface area contributed by atoms with Gasteiger partial charge in [-0.3, -0.25) is 0 Å². The summed E-state index contributed by atoms with van der Waals surface area (Å²) in [5.41, 5.74) is 0. The summed E-state index contributed by atoms with van der Waals surface area (Å²) >= 11 is 1.28. The molecule has 0 aliphatic carbocycles. The summed E-state index contributed by atoms with van der Waals surface area (Å²) in [4.78, 5) is 0. The maximum Gasteiger partial charge on any atom is 0.102 e. The average molecular weight is 152 g/mol. The summed E-state index contributed by atoms with van der Waals surface area (Å²) in [6.07, 6.45) is -0.732. The summed E-state index contributed by atoms with van der Waals surface area (Å²) in [5.74, 6) is 0.859. The zero-order valence-electron chi connectivity index (χ0n) is 5.41. The van der Waals surface area contributed by atoms with E-state index in [0.29, 0.717) is 0 Å². The van der Waals surface area contributed by atoms with E-state index < -0.39 is 6.10 Å². The van der Waals surface area contributed by atoms with Crippen molar-refractivity contribution in [2.75, 3.05) is 19.0 Å². The van der Waals surface area contributed by atoms with Crippen LogP contribution >= 0.6 is 12.0 Å². The number of aliphatic hydroxyl groups is 2. The standard InChI is InChI=1S/C5H12O3S/c1-2-9-8-4-5(7)3-6/h5-7H,2-4H2,1H3. The third-order valence-corrected chi connectivity index (χ3v) is 1.21. The third-order valence-electron chi connectivity index (χ3n) is 0.672. The molecule has 0 saturated carbocycles. The Balaban J connectivity index is 2.88. The van der Waals surface area contributed by atoms with Crippen molar-refractivity contribution in [3.8, 4) is 0 Å². The van der Waals surface area contributed by atoms with Gasteiger partial charge < -0.3 is 14.4 Å². The number of hydrogen-bond acceptors (Lipinski definition) is 4. The molecule has 0 aliphatic heterocycles. The van der Waals surface area contributed by atoms with Crippen LogP contribution in [0.3, 0.4) is 0 Å². The zero-order valence-corrected chi connectivity index (χ0v) is 6.23. The largest absolute Gasteiger partial charge is 0.394 e. The summed E-state index contributed by atoms with van der Waals surface area (Å²) in [6.45, 7) is 1.93. The molecule has 0 rings (SSSR count). The Morgan fingerprint density at radius 1 is 1.67 bits per heavy atom. The van der Waals surface area contributed by atoms with Crippen molar-refractivity contribution in [3.05, 3.63) is 0 Å². The Hall–Kier alpha value is 0.230. The predicted molar refractivity (Wildman–Crippen MR) is 37.2 cm³/mol. The van der Waals surface area contributed by atoms with E-state index in [4.69, 9.17) is 14.4 Å². The molecular formula is C5H12O3S. The van der Waals surface area contributed by atoms with Crippen LogP contribution in [0.2, 0.25) is 0 Å². The molecular weight excluding hydrogens is 140 g/mol.